The van der Waals surface area contributed by atoms with Crippen molar-refractivity contribution in [2.24, 2.45) is 0 Å². The van der Waals surface area contributed by atoms with Gasteiger partial charge in [-0.05, 0) is 38.8 Å². The van der Waals surface area contributed by atoms with Crippen LogP contribution in [0.3, 0.4) is 0 Å². The number of anilines is 2. The molecular formula is C21H25FN4O2S. The number of para-hydroxylation sites is 1. The first-order chi connectivity index (χ1) is 14.0. The van der Waals surface area contributed by atoms with E-state index in [-0.39, 0.29) is 24.2 Å². The largest absolute Gasteiger partial charge is 0.375 e. The van der Waals surface area contributed by atoms with E-state index in [4.69, 9.17) is 9.72 Å². The summed E-state index contributed by atoms with van der Waals surface area (Å²) in [6.45, 7) is 5.61. The van der Waals surface area contributed by atoms with Gasteiger partial charge in [0.15, 0.2) is 0 Å². The SMILES string of the molecule is COCC(=O)N1CCCC(c2nc(Nc3ccccc3F)n3c(C)c(C)sc23)C1. The van der Waals surface area contributed by atoms with Crippen LogP contribution in [0.25, 0.3) is 4.83 Å². The molecule has 8 heteroatoms. The van der Waals surface area contributed by atoms with Crippen molar-refractivity contribution in [1.82, 2.24) is 14.3 Å². The van der Waals surface area contributed by atoms with E-state index >= 15 is 0 Å². The minimum Gasteiger partial charge on any atom is -0.375 e. The number of amides is 1. The molecule has 154 valence electrons. The smallest absolute Gasteiger partial charge is 0.248 e. The van der Waals surface area contributed by atoms with Gasteiger partial charge in [0, 0.05) is 36.7 Å². The van der Waals surface area contributed by atoms with Crippen LogP contribution in [0.2, 0.25) is 0 Å². The van der Waals surface area contributed by atoms with Crippen molar-refractivity contribution in [2.75, 3.05) is 32.1 Å². The van der Waals surface area contributed by atoms with Crippen molar-refractivity contribution >= 4 is 33.7 Å². The first-order valence-corrected chi connectivity index (χ1v) is 10.6. The van der Waals surface area contributed by atoms with Crippen LogP contribution in [-0.2, 0) is 9.53 Å². The maximum atomic E-state index is 14.2. The fraction of sp³-hybridized carbons (Fsp3) is 0.429. The zero-order valence-electron chi connectivity index (χ0n) is 16.9. The molecule has 1 aliphatic rings. The first kappa shape index (κ1) is 19.8. The standard InChI is InChI=1S/C21H25FN4O2S/c1-13-14(2)29-20-19(15-7-6-10-25(11-15)18(27)12-28-3)24-21(26(13)20)23-17-9-5-4-8-16(17)22/h4-5,8-9,15H,6-7,10-12H2,1-3H3,(H,23,24). The Morgan fingerprint density at radius 1 is 1.38 bits per heavy atom. The third kappa shape index (κ3) is 3.74. The molecule has 29 heavy (non-hydrogen) atoms. The summed E-state index contributed by atoms with van der Waals surface area (Å²) in [7, 11) is 1.54. The maximum absolute atomic E-state index is 14.2. The van der Waals surface area contributed by atoms with Gasteiger partial charge in [0.2, 0.25) is 11.9 Å². The highest BCUT2D eigenvalue weighted by atomic mass is 32.1. The molecule has 1 aliphatic heterocycles. The second-order valence-corrected chi connectivity index (χ2v) is 8.62. The summed E-state index contributed by atoms with van der Waals surface area (Å²) in [5.74, 6) is 0.454. The zero-order chi connectivity index (χ0) is 20.5. The molecule has 3 aromatic rings. The predicted molar refractivity (Wildman–Crippen MR) is 113 cm³/mol. The average Bonchev–Trinajstić information content (AvgIpc) is 3.21. The third-order valence-corrected chi connectivity index (χ3v) is 6.69. The monoisotopic (exact) mass is 416 g/mol. The number of halogens is 1. The number of ether oxygens (including phenoxy) is 1. The lowest BCUT2D eigenvalue weighted by Crippen LogP contribution is -2.41. The summed E-state index contributed by atoms with van der Waals surface area (Å²) in [6.07, 6.45) is 1.90. The van der Waals surface area contributed by atoms with Gasteiger partial charge < -0.3 is 15.0 Å². The average molecular weight is 417 g/mol. The lowest BCUT2D eigenvalue weighted by molar-refractivity contribution is -0.136. The van der Waals surface area contributed by atoms with Crippen LogP contribution in [0.4, 0.5) is 16.0 Å². The lowest BCUT2D eigenvalue weighted by atomic mass is 9.95. The van der Waals surface area contributed by atoms with Crippen LogP contribution < -0.4 is 5.32 Å². The number of methoxy groups -OCH3 is 1. The molecule has 1 N–H and O–H groups in total. The van der Waals surface area contributed by atoms with Gasteiger partial charge in [-0.1, -0.05) is 12.1 Å². The van der Waals surface area contributed by atoms with Crippen molar-refractivity contribution in [2.45, 2.75) is 32.6 Å². The summed E-state index contributed by atoms with van der Waals surface area (Å²) in [5.41, 5.74) is 2.46. The van der Waals surface area contributed by atoms with Gasteiger partial charge in [-0.25, -0.2) is 9.37 Å². The normalized spacial score (nSPS) is 17.1. The molecule has 0 aliphatic carbocycles. The minimum atomic E-state index is -0.315. The minimum absolute atomic E-state index is 0.0101. The van der Waals surface area contributed by atoms with Crippen molar-refractivity contribution in [1.29, 1.82) is 0 Å². The Morgan fingerprint density at radius 2 is 2.17 bits per heavy atom. The number of thiazole rings is 1. The first-order valence-electron chi connectivity index (χ1n) is 9.76. The second-order valence-electron chi connectivity index (χ2n) is 7.42. The van der Waals surface area contributed by atoms with E-state index in [0.29, 0.717) is 18.2 Å². The van der Waals surface area contributed by atoms with Crippen LogP contribution in [0, 0.1) is 19.7 Å². The lowest BCUT2D eigenvalue weighted by Gasteiger charge is -2.31. The molecule has 1 amide bonds. The molecule has 1 aromatic carbocycles. The number of nitrogens with zero attached hydrogens (tertiary/aromatic N) is 3. The number of imidazole rings is 1. The van der Waals surface area contributed by atoms with Crippen LogP contribution in [-0.4, -0.2) is 47.0 Å². The third-order valence-electron chi connectivity index (χ3n) is 5.50. The Balaban J connectivity index is 1.71. The molecule has 1 saturated heterocycles. The number of nitrogens with one attached hydrogen (secondary N) is 1. The summed E-state index contributed by atoms with van der Waals surface area (Å²) < 4.78 is 21.3. The van der Waals surface area contributed by atoms with E-state index in [1.807, 2.05) is 11.8 Å². The van der Waals surface area contributed by atoms with E-state index in [1.165, 1.54) is 18.1 Å². The highest BCUT2D eigenvalue weighted by Gasteiger charge is 2.30. The zero-order valence-corrected chi connectivity index (χ0v) is 17.7. The Hall–Kier alpha value is -2.45. The van der Waals surface area contributed by atoms with Crippen molar-refractivity contribution in [3.05, 3.63) is 46.3 Å². The second kappa shape index (κ2) is 8.12. The highest BCUT2D eigenvalue weighted by Crippen LogP contribution is 2.37. The van der Waals surface area contributed by atoms with Crippen molar-refractivity contribution < 1.29 is 13.9 Å². The number of aromatic nitrogens is 2. The number of carbonyl (C=O) groups excluding carboxylic acids is 1. The van der Waals surface area contributed by atoms with Crippen LogP contribution in [0.15, 0.2) is 24.3 Å². The van der Waals surface area contributed by atoms with Gasteiger partial charge in [0.05, 0.1) is 11.4 Å². The van der Waals surface area contributed by atoms with Gasteiger partial charge in [-0.3, -0.25) is 9.20 Å². The van der Waals surface area contributed by atoms with Crippen LogP contribution in [0.1, 0.15) is 35.0 Å². The number of benzene rings is 1. The van der Waals surface area contributed by atoms with Crippen molar-refractivity contribution in [3.8, 4) is 0 Å². The Bertz CT molecular complexity index is 1040. The molecule has 6 nitrogen and oxygen atoms in total. The molecule has 0 bridgehead atoms. The highest BCUT2D eigenvalue weighted by molar-refractivity contribution is 7.17. The van der Waals surface area contributed by atoms with Crippen molar-refractivity contribution in [3.63, 3.8) is 0 Å². The number of rotatable bonds is 5. The predicted octanol–water partition coefficient (Wildman–Crippen LogP) is 4.25. The number of hydrogen-bond donors (Lipinski definition) is 1. The maximum Gasteiger partial charge on any atom is 0.248 e. The molecule has 1 fully saturated rings. The topological polar surface area (TPSA) is 58.9 Å². The molecular weight excluding hydrogens is 391 g/mol. The Labute approximate surface area is 173 Å². The molecule has 0 spiro atoms. The number of hydrogen-bond acceptors (Lipinski definition) is 5. The molecule has 0 radical (unpaired) electrons. The van der Waals surface area contributed by atoms with Gasteiger partial charge >= 0.3 is 0 Å². The van der Waals surface area contributed by atoms with Gasteiger partial charge in [0.1, 0.15) is 17.3 Å². The van der Waals surface area contributed by atoms with E-state index in [9.17, 15) is 9.18 Å². The fourth-order valence-electron chi connectivity index (χ4n) is 3.88. The van der Waals surface area contributed by atoms with E-state index < -0.39 is 0 Å². The van der Waals surface area contributed by atoms with Crippen LogP contribution in [0.5, 0.6) is 0 Å². The molecule has 1 atom stereocenters. The van der Waals surface area contributed by atoms with Gasteiger partial charge in [0.25, 0.3) is 0 Å². The summed E-state index contributed by atoms with van der Waals surface area (Å²) in [5, 5.41) is 3.17. The van der Waals surface area contributed by atoms with Gasteiger partial charge in [-0.2, -0.15) is 0 Å². The molecule has 1 unspecified atom stereocenters. The Kier molecular flexibility index (Phi) is 5.56. The molecule has 4 rings (SSSR count). The molecule has 2 aromatic heterocycles. The van der Waals surface area contributed by atoms with Crippen LogP contribution >= 0.6 is 11.3 Å². The Morgan fingerprint density at radius 3 is 2.93 bits per heavy atom. The summed E-state index contributed by atoms with van der Waals surface area (Å²) in [4.78, 5) is 21.3. The fourth-order valence-corrected chi connectivity index (χ4v) is 5.04. The number of carbonyl (C=O) groups is 1. The number of piperidine rings is 1. The van der Waals surface area contributed by atoms with E-state index in [1.54, 1.807) is 29.5 Å². The number of aryl methyl sites for hydroxylation is 2. The van der Waals surface area contributed by atoms with E-state index in [0.717, 1.165) is 35.6 Å². The number of fused-ring (bicyclic) bond motifs is 1. The quantitative estimate of drug-likeness (QED) is 0.676. The summed E-state index contributed by atoms with van der Waals surface area (Å²) >= 11 is 1.69. The number of likely N-dealkylation sites (tertiary alicyclic amines) is 1. The molecule has 3 heterocycles. The summed E-state index contributed by atoms with van der Waals surface area (Å²) in [6, 6.07) is 6.60. The van der Waals surface area contributed by atoms with E-state index in [2.05, 4.69) is 16.6 Å². The molecule has 0 saturated carbocycles. The van der Waals surface area contributed by atoms with Gasteiger partial charge in [-0.15, -0.1) is 11.3 Å².